The van der Waals surface area contributed by atoms with Crippen LogP contribution in [-0.4, -0.2) is 0 Å². The van der Waals surface area contributed by atoms with Gasteiger partial charge in [0.25, 0.3) is 0 Å². The molecule has 0 N–H and O–H groups in total. The predicted octanol–water partition coefficient (Wildman–Crippen LogP) is 5.19. The van der Waals surface area contributed by atoms with E-state index in [9.17, 15) is 0 Å². The van der Waals surface area contributed by atoms with Crippen molar-refractivity contribution in [2.75, 3.05) is 0 Å². The summed E-state index contributed by atoms with van der Waals surface area (Å²) in [7, 11) is 0. The van der Waals surface area contributed by atoms with E-state index in [2.05, 4.69) is 36.4 Å². The highest BCUT2D eigenvalue weighted by Gasteiger charge is 2.02. The first-order chi connectivity index (χ1) is 9.31. The average Bonchev–Trinajstić information content (AvgIpc) is 2.96. The zero-order chi connectivity index (χ0) is 13.1. The van der Waals surface area contributed by atoms with Crippen LogP contribution in [0.25, 0.3) is 11.3 Å². The molecule has 0 aliphatic rings. The molecule has 0 atom stereocenters. The van der Waals surface area contributed by atoms with E-state index in [1.807, 2.05) is 24.3 Å². The van der Waals surface area contributed by atoms with Crippen molar-refractivity contribution < 1.29 is 4.42 Å². The fourth-order valence-electron chi connectivity index (χ4n) is 2.12. The Kier molecular flexibility index (Phi) is 3.39. The summed E-state index contributed by atoms with van der Waals surface area (Å²) in [5.41, 5.74) is 3.62. The van der Waals surface area contributed by atoms with E-state index in [0.717, 1.165) is 22.8 Å². The maximum Gasteiger partial charge on any atom is 0.133 e. The van der Waals surface area contributed by atoms with E-state index in [-0.39, 0.29) is 0 Å². The Morgan fingerprint density at radius 1 is 0.842 bits per heavy atom. The summed E-state index contributed by atoms with van der Waals surface area (Å²) in [6.45, 7) is 0. The molecule has 0 bridgehead atoms. The Morgan fingerprint density at radius 3 is 2.42 bits per heavy atom. The molecule has 1 nitrogen and oxygen atoms in total. The number of furan rings is 1. The van der Waals surface area contributed by atoms with Crippen LogP contribution < -0.4 is 0 Å². The van der Waals surface area contributed by atoms with Crippen LogP contribution in [0.2, 0.25) is 5.02 Å². The second-order valence-corrected chi connectivity index (χ2v) is 4.92. The highest BCUT2D eigenvalue weighted by atomic mass is 35.5. The maximum absolute atomic E-state index is 5.90. The molecule has 94 valence electrons. The third kappa shape index (κ3) is 2.88. The summed E-state index contributed by atoms with van der Waals surface area (Å²) < 4.78 is 5.42. The van der Waals surface area contributed by atoms with Crippen LogP contribution in [-0.2, 0) is 6.42 Å². The predicted molar refractivity (Wildman–Crippen MR) is 78.4 cm³/mol. The normalized spacial score (nSPS) is 10.6. The molecule has 1 aromatic heterocycles. The smallest absolute Gasteiger partial charge is 0.133 e. The van der Waals surface area contributed by atoms with Crippen molar-refractivity contribution in [2.24, 2.45) is 0 Å². The summed E-state index contributed by atoms with van der Waals surface area (Å²) in [6.07, 6.45) is 2.59. The van der Waals surface area contributed by atoms with Crippen molar-refractivity contribution in [3.8, 4) is 11.3 Å². The molecule has 0 aliphatic carbocycles. The third-order valence-corrected chi connectivity index (χ3v) is 3.31. The highest BCUT2D eigenvalue weighted by molar-refractivity contribution is 6.30. The van der Waals surface area contributed by atoms with E-state index < -0.39 is 0 Å². The fraction of sp³-hybridized carbons (Fsp3) is 0.0588. The summed E-state index contributed by atoms with van der Waals surface area (Å²) in [4.78, 5) is 0. The minimum Gasteiger partial charge on any atom is -0.464 e. The fourth-order valence-corrected chi connectivity index (χ4v) is 2.24. The van der Waals surface area contributed by atoms with Crippen LogP contribution in [0, 0.1) is 0 Å². The van der Waals surface area contributed by atoms with Gasteiger partial charge in [-0.2, -0.15) is 0 Å². The van der Waals surface area contributed by atoms with Gasteiger partial charge in [-0.3, -0.25) is 0 Å². The zero-order valence-corrected chi connectivity index (χ0v) is 11.1. The molecule has 2 aromatic carbocycles. The Hall–Kier alpha value is -1.99. The van der Waals surface area contributed by atoms with Crippen LogP contribution in [0.1, 0.15) is 11.1 Å². The SMILES string of the molecule is Clc1ccc(Cc2cccc(-c3ccco3)c2)cc1. The van der Waals surface area contributed by atoms with Gasteiger partial charge in [0, 0.05) is 10.6 Å². The standard InChI is InChI=1S/C17H13ClO/c18-16-8-6-13(7-9-16)11-14-3-1-4-15(12-14)17-5-2-10-19-17/h1-10,12H,11H2. The lowest BCUT2D eigenvalue weighted by molar-refractivity contribution is 0.582. The van der Waals surface area contributed by atoms with Crippen LogP contribution in [0.3, 0.4) is 0 Å². The number of rotatable bonds is 3. The summed E-state index contributed by atoms with van der Waals surface area (Å²) in [5.74, 6) is 0.901. The van der Waals surface area contributed by atoms with Crippen LogP contribution in [0.4, 0.5) is 0 Å². The molecular formula is C17H13ClO. The molecular weight excluding hydrogens is 256 g/mol. The van der Waals surface area contributed by atoms with E-state index in [4.69, 9.17) is 16.0 Å². The van der Waals surface area contributed by atoms with E-state index >= 15 is 0 Å². The molecule has 0 unspecified atom stereocenters. The number of hydrogen-bond acceptors (Lipinski definition) is 1. The Balaban J connectivity index is 1.85. The monoisotopic (exact) mass is 268 g/mol. The van der Waals surface area contributed by atoms with Crippen LogP contribution in [0.15, 0.2) is 71.3 Å². The minimum absolute atomic E-state index is 0.771. The first-order valence-corrected chi connectivity index (χ1v) is 6.56. The van der Waals surface area contributed by atoms with Crippen molar-refractivity contribution in [3.05, 3.63) is 83.1 Å². The van der Waals surface area contributed by atoms with Gasteiger partial charge < -0.3 is 4.42 Å². The number of hydrogen-bond donors (Lipinski definition) is 0. The van der Waals surface area contributed by atoms with Crippen LogP contribution in [0.5, 0.6) is 0 Å². The van der Waals surface area contributed by atoms with Crippen molar-refractivity contribution in [1.82, 2.24) is 0 Å². The summed E-state index contributed by atoms with van der Waals surface area (Å²) >= 11 is 5.90. The molecule has 0 aliphatic heterocycles. The van der Waals surface area contributed by atoms with Gasteiger partial charge in [0.05, 0.1) is 6.26 Å². The first kappa shape index (κ1) is 12.1. The molecule has 1 heterocycles. The van der Waals surface area contributed by atoms with Crippen molar-refractivity contribution in [2.45, 2.75) is 6.42 Å². The summed E-state index contributed by atoms with van der Waals surface area (Å²) in [5, 5.41) is 0.771. The van der Waals surface area contributed by atoms with Gasteiger partial charge in [-0.05, 0) is 47.9 Å². The van der Waals surface area contributed by atoms with Gasteiger partial charge in [0.1, 0.15) is 5.76 Å². The quantitative estimate of drug-likeness (QED) is 0.637. The molecule has 2 heteroatoms. The molecule has 0 radical (unpaired) electrons. The van der Waals surface area contributed by atoms with Gasteiger partial charge in [0.15, 0.2) is 0 Å². The molecule has 0 fully saturated rings. The minimum atomic E-state index is 0.771. The molecule has 0 saturated carbocycles. The second-order valence-electron chi connectivity index (χ2n) is 4.48. The largest absolute Gasteiger partial charge is 0.464 e. The lowest BCUT2D eigenvalue weighted by Crippen LogP contribution is -1.88. The van der Waals surface area contributed by atoms with Crippen molar-refractivity contribution >= 4 is 11.6 Å². The number of benzene rings is 2. The molecule has 0 spiro atoms. The lowest BCUT2D eigenvalue weighted by atomic mass is 10.0. The maximum atomic E-state index is 5.90. The molecule has 3 aromatic rings. The van der Waals surface area contributed by atoms with Crippen molar-refractivity contribution in [3.63, 3.8) is 0 Å². The zero-order valence-electron chi connectivity index (χ0n) is 10.3. The second kappa shape index (κ2) is 5.33. The molecule has 0 saturated heterocycles. The number of halogens is 1. The summed E-state index contributed by atoms with van der Waals surface area (Å²) in [6, 6.07) is 20.2. The van der Waals surface area contributed by atoms with Gasteiger partial charge >= 0.3 is 0 Å². The van der Waals surface area contributed by atoms with E-state index in [0.29, 0.717) is 0 Å². The van der Waals surface area contributed by atoms with Crippen LogP contribution >= 0.6 is 11.6 Å². The molecule has 0 amide bonds. The van der Waals surface area contributed by atoms with Gasteiger partial charge in [0.2, 0.25) is 0 Å². The Labute approximate surface area is 117 Å². The topological polar surface area (TPSA) is 13.1 Å². The first-order valence-electron chi connectivity index (χ1n) is 6.18. The Bertz CT molecular complexity index is 654. The highest BCUT2D eigenvalue weighted by Crippen LogP contribution is 2.22. The van der Waals surface area contributed by atoms with Gasteiger partial charge in [-0.25, -0.2) is 0 Å². The lowest BCUT2D eigenvalue weighted by Gasteiger charge is -2.04. The molecule has 19 heavy (non-hydrogen) atoms. The van der Waals surface area contributed by atoms with E-state index in [1.165, 1.54) is 11.1 Å². The van der Waals surface area contributed by atoms with Gasteiger partial charge in [-0.15, -0.1) is 0 Å². The van der Waals surface area contributed by atoms with Gasteiger partial charge in [-0.1, -0.05) is 41.9 Å². The third-order valence-electron chi connectivity index (χ3n) is 3.05. The van der Waals surface area contributed by atoms with E-state index in [1.54, 1.807) is 6.26 Å². The van der Waals surface area contributed by atoms with Crippen molar-refractivity contribution in [1.29, 1.82) is 0 Å². The molecule has 3 rings (SSSR count). The average molecular weight is 269 g/mol. The Morgan fingerprint density at radius 2 is 1.68 bits per heavy atom.